The zero-order valence-corrected chi connectivity index (χ0v) is 10.4. The first-order chi connectivity index (χ1) is 8.00. The first kappa shape index (κ1) is 13.7. The van der Waals surface area contributed by atoms with Gasteiger partial charge in [-0.05, 0) is 0 Å². The number of nitro groups is 1. The van der Waals surface area contributed by atoms with E-state index in [0.29, 0.717) is 19.2 Å². The van der Waals surface area contributed by atoms with Crippen molar-refractivity contribution >= 4 is 17.3 Å². The molecule has 0 atom stereocenters. The number of pyridine rings is 1. The molecule has 94 valence electrons. The second kappa shape index (κ2) is 6.36. The zero-order chi connectivity index (χ0) is 12.8. The highest BCUT2D eigenvalue weighted by Crippen LogP contribution is 2.26. The van der Waals surface area contributed by atoms with Gasteiger partial charge in [0.05, 0.1) is 16.1 Å². The molecule has 0 radical (unpaired) electrons. The molecule has 6 nitrogen and oxygen atoms in total. The van der Waals surface area contributed by atoms with Crippen LogP contribution in [0, 0.1) is 10.1 Å². The number of halogens is 1. The molecule has 0 aliphatic heterocycles. The van der Waals surface area contributed by atoms with Gasteiger partial charge in [-0.2, -0.15) is 0 Å². The monoisotopic (exact) mass is 259 g/mol. The summed E-state index contributed by atoms with van der Waals surface area (Å²) >= 11 is 5.63. The lowest BCUT2D eigenvalue weighted by Crippen LogP contribution is -2.27. The Bertz CT molecular complexity index is 398. The van der Waals surface area contributed by atoms with Crippen LogP contribution in [0.3, 0.4) is 0 Å². The van der Waals surface area contributed by atoms with Gasteiger partial charge in [0.15, 0.2) is 0 Å². The van der Waals surface area contributed by atoms with Gasteiger partial charge in [0, 0.05) is 18.7 Å². The number of nitrogens with zero attached hydrogens (tertiary/aromatic N) is 2. The molecule has 0 aromatic carbocycles. The van der Waals surface area contributed by atoms with Crippen LogP contribution in [0.5, 0.6) is 5.88 Å². The van der Waals surface area contributed by atoms with Gasteiger partial charge in [-0.15, -0.1) is 0 Å². The molecule has 7 heteroatoms. The molecule has 0 bridgehead atoms. The minimum absolute atomic E-state index is 0.00930. The van der Waals surface area contributed by atoms with Crippen molar-refractivity contribution in [1.82, 2.24) is 10.3 Å². The molecule has 1 N–H and O–H groups in total. The van der Waals surface area contributed by atoms with Gasteiger partial charge < -0.3 is 10.1 Å². The van der Waals surface area contributed by atoms with E-state index in [0.717, 1.165) is 0 Å². The first-order valence-electron chi connectivity index (χ1n) is 5.17. The van der Waals surface area contributed by atoms with Crippen molar-refractivity contribution in [1.29, 1.82) is 0 Å². The van der Waals surface area contributed by atoms with Crippen molar-refractivity contribution in [2.24, 2.45) is 0 Å². The van der Waals surface area contributed by atoms with Gasteiger partial charge in [0.1, 0.15) is 6.61 Å². The largest absolute Gasteiger partial charge is 0.471 e. The zero-order valence-electron chi connectivity index (χ0n) is 9.64. The molecule has 0 aliphatic rings. The van der Waals surface area contributed by atoms with Gasteiger partial charge in [0.2, 0.25) is 0 Å². The number of rotatable bonds is 6. The molecule has 0 saturated heterocycles. The molecular weight excluding hydrogens is 246 g/mol. The lowest BCUT2D eigenvalue weighted by atomic mass is 10.4. The summed E-state index contributed by atoms with van der Waals surface area (Å²) in [7, 11) is 0. The first-order valence-corrected chi connectivity index (χ1v) is 5.54. The number of nitrogens with one attached hydrogen (secondary N) is 1. The summed E-state index contributed by atoms with van der Waals surface area (Å²) in [6.45, 7) is 4.92. The molecule has 0 aliphatic carbocycles. The van der Waals surface area contributed by atoms with Crippen LogP contribution in [0.15, 0.2) is 12.3 Å². The number of aromatic nitrogens is 1. The van der Waals surface area contributed by atoms with Crippen LogP contribution in [0.4, 0.5) is 5.69 Å². The van der Waals surface area contributed by atoms with E-state index in [4.69, 9.17) is 16.3 Å². The van der Waals surface area contributed by atoms with Gasteiger partial charge >= 0.3 is 5.69 Å². The highest BCUT2D eigenvalue weighted by molar-refractivity contribution is 6.30. The van der Waals surface area contributed by atoms with Crippen LogP contribution in [0.1, 0.15) is 13.8 Å². The third-order valence-corrected chi connectivity index (χ3v) is 2.10. The van der Waals surface area contributed by atoms with E-state index < -0.39 is 4.92 Å². The Labute approximate surface area is 104 Å². The van der Waals surface area contributed by atoms with E-state index in [2.05, 4.69) is 10.3 Å². The lowest BCUT2D eigenvalue weighted by Gasteiger charge is -2.09. The Morgan fingerprint density at radius 3 is 2.94 bits per heavy atom. The molecule has 0 saturated carbocycles. The maximum atomic E-state index is 10.7. The van der Waals surface area contributed by atoms with Crippen molar-refractivity contribution < 1.29 is 9.66 Å². The van der Waals surface area contributed by atoms with Crippen LogP contribution in [-0.2, 0) is 0 Å². The molecule has 0 amide bonds. The molecule has 0 fully saturated rings. The van der Waals surface area contributed by atoms with E-state index in [9.17, 15) is 10.1 Å². The summed E-state index contributed by atoms with van der Waals surface area (Å²) in [6, 6.07) is 1.56. The highest BCUT2D eigenvalue weighted by Gasteiger charge is 2.17. The van der Waals surface area contributed by atoms with Gasteiger partial charge in [-0.3, -0.25) is 10.1 Å². The molecule has 0 unspecified atom stereocenters. The minimum atomic E-state index is -0.565. The summed E-state index contributed by atoms with van der Waals surface area (Å²) in [6.07, 6.45) is 1.32. The summed E-state index contributed by atoms with van der Waals surface area (Å²) in [5.41, 5.74) is -0.220. The molecule has 17 heavy (non-hydrogen) atoms. The lowest BCUT2D eigenvalue weighted by molar-refractivity contribution is -0.386. The second-order valence-corrected chi connectivity index (χ2v) is 4.13. The number of hydrogen-bond acceptors (Lipinski definition) is 5. The minimum Gasteiger partial charge on any atom is -0.471 e. The molecule has 1 aromatic heterocycles. The average Bonchev–Trinajstić information content (AvgIpc) is 2.25. The van der Waals surface area contributed by atoms with E-state index in [-0.39, 0.29) is 16.6 Å². The van der Waals surface area contributed by atoms with Crippen molar-refractivity contribution in [3.05, 3.63) is 27.4 Å². The summed E-state index contributed by atoms with van der Waals surface area (Å²) in [4.78, 5) is 14.0. The second-order valence-electron chi connectivity index (χ2n) is 3.69. The van der Waals surface area contributed by atoms with Crippen LogP contribution in [-0.4, -0.2) is 29.1 Å². The van der Waals surface area contributed by atoms with Gasteiger partial charge in [-0.1, -0.05) is 25.4 Å². The predicted octanol–water partition coefficient (Wildman–Crippen LogP) is 2.02. The Morgan fingerprint density at radius 1 is 1.65 bits per heavy atom. The van der Waals surface area contributed by atoms with Crippen LogP contribution in [0.25, 0.3) is 0 Å². The van der Waals surface area contributed by atoms with Crippen LogP contribution in [0.2, 0.25) is 5.02 Å². The fourth-order valence-electron chi connectivity index (χ4n) is 1.15. The Morgan fingerprint density at radius 2 is 2.35 bits per heavy atom. The Hall–Kier alpha value is -1.40. The third-order valence-electron chi connectivity index (χ3n) is 1.89. The fourth-order valence-corrected chi connectivity index (χ4v) is 1.31. The van der Waals surface area contributed by atoms with Crippen molar-refractivity contribution in [3.8, 4) is 5.88 Å². The Balaban J connectivity index is 2.61. The van der Waals surface area contributed by atoms with E-state index in [1.165, 1.54) is 12.3 Å². The standard InChI is InChI=1S/C10H14ClN3O3/c1-7(2)12-3-4-17-10-9(14(15)16)5-8(11)6-13-10/h5-7,12H,3-4H2,1-2H3. The van der Waals surface area contributed by atoms with Crippen LogP contribution >= 0.6 is 11.6 Å². The third kappa shape index (κ3) is 4.54. The summed E-state index contributed by atoms with van der Waals surface area (Å²) in [5, 5.41) is 14.1. The molecular formula is C10H14ClN3O3. The quantitative estimate of drug-likeness (QED) is 0.480. The Kier molecular flexibility index (Phi) is 5.11. The van der Waals surface area contributed by atoms with E-state index >= 15 is 0 Å². The maximum Gasteiger partial charge on any atom is 0.332 e. The number of ether oxygens (including phenoxy) is 1. The maximum absolute atomic E-state index is 10.7. The molecule has 1 rings (SSSR count). The van der Waals surface area contributed by atoms with Crippen molar-refractivity contribution in [3.63, 3.8) is 0 Å². The molecule has 1 heterocycles. The summed E-state index contributed by atoms with van der Waals surface area (Å²) in [5.74, 6) is -0.00930. The van der Waals surface area contributed by atoms with Gasteiger partial charge in [0.25, 0.3) is 5.88 Å². The van der Waals surface area contributed by atoms with E-state index in [1.54, 1.807) is 0 Å². The SMILES string of the molecule is CC(C)NCCOc1ncc(Cl)cc1[N+](=O)[O-]. The average molecular weight is 260 g/mol. The molecule has 1 aromatic rings. The van der Waals surface area contributed by atoms with E-state index in [1.807, 2.05) is 13.8 Å². The highest BCUT2D eigenvalue weighted by atomic mass is 35.5. The topological polar surface area (TPSA) is 77.3 Å². The van der Waals surface area contributed by atoms with Crippen LogP contribution < -0.4 is 10.1 Å². The predicted molar refractivity (Wildman–Crippen MR) is 64.5 cm³/mol. The number of hydrogen-bond donors (Lipinski definition) is 1. The molecule has 0 spiro atoms. The van der Waals surface area contributed by atoms with Gasteiger partial charge in [-0.25, -0.2) is 4.98 Å². The summed E-state index contributed by atoms with van der Waals surface area (Å²) < 4.78 is 5.23. The smallest absolute Gasteiger partial charge is 0.332 e. The van der Waals surface area contributed by atoms with Crippen molar-refractivity contribution in [2.75, 3.05) is 13.2 Å². The van der Waals surface area contributed by atoms with Crippen molar-refractivity contribution in [2.45, 2.75) is 19.9 Å². The fraction of sp³-hybridized carbons (Fsp3) is 0.500. The normalized spacial score (nSPS) is 10.6.